The summed E-state index contributed by atoms with van der Waals surface area (Å²) in [6, 6.07) is 16.0. The van der Waals surface area contributed by atoms with E-state index in [0.717, 1.165) is 40.1 Å². The highest BCUT2D eigenvalue weighted by Crippen LogP contribution is 2.22. The van der Waals surface area contributed by atoms with E-state index in [0.29, 0.717) is 18.7 Å². The van der Waals surface area contributed by atoms with Crippen LogP contribution in [0.4, 0.5) is 5.69 Å². The molecule has 4 nitrogen and oxygen atoms in total. The number of anilines is 1. The first kappa shape index (κ1) is 21.6. The standard InChI is InChI=1S/C26H30N2O2/c1-6-21-22(7-2)28(16-20-14-9-8-10-15-20)19(5)23(25(21)29)26(30)27-24-17(3)12-11-13-18(24)4/h8-15H,6-7,16H2,1-5H3,(H,27,30). The highest BCUT2D eigenvalue weighted by molar-refractivity contribution is 6.05. The molecule has 0 aliphatic heterocycles. The van der Waals surface area contributed by atoms with E-state index >= 15 is 0 Å². The third-order valence-electron chi connectivity index (χ3n) is 5.76. The Kier molecular flexibility index (Phi) is 6.56. The van der Waals surface area contributed by atoms with Crippen molar-refractivity contribution in [1.29, 1.82) is 0 Å². The van der Waals surface area contributed by atoms with Gasteiger partial charge in [-0.3, -0.25) is 9.59 Å². The fourth-order valence-corrected chi connectivity index (χ4v) is 4.15. The Balaban J connectivity index is 2.15. The van der Waals surface area contributed by atoms with Gasteiger partial charge in [0.05, 0.1) is 0 Å². The number of benzene rings is 2. The van der Waals surface area contributed by atoms with Crippen LogP contribution in [0.25, 0.3) is 0 Å². The van der Waals surface area contributed by atoms with Crippen LogP contribution < -0.4 is 10.7 Å². The number of aryl methyl sites for hydroxylation is 2. The number of pyridine rings is 1. The number of rotatable bonds is 6. The minimum atomic E-state index is -0.339. The van der Waals surface area contributed by atoms with Gasteiger partial charge in [0, 0.05) is 29.2 Å². The van der Waals surface area contributed by atoms with Crippen molar-refractivity contribution in [2.24, 2.45) is 0 Å². The minimum Gasteiger partial charge on any atom is -0.343 e. The first-order valence-corrected chi connectivity index (χ1v) is 10.6. The molecule has 0 atom stereocenters. The molecule has 1 aromatic heterocycles. The van der Waals surface area contributed by atoms with Gasteiger partial charge in [0.1, 0.15) is 5.56 Å². The van der Waals surface area contributed by atoms with Gasteiger partial charge in [-0.25, -0.2) is 0 Å². The molecule has 0 radical (unpaired) electrons. The predicted molar refractivity (Wildman–Crippen MR) is 124 cm³/mol. The Morgan fingerprint density at radius 2 is 1.53 bits per heavy atom. The lowest BCUT2D eigenvalue weighted by atomic mass is 10.0. The summed E-state index contributed by atoms with van der Waals surface area (Å²) in [5.41, 5.74) is 6.40. The van der Waals surface area contributed by atoms with E-state index in [9.17, 15) is 9.59 Å². The van der Waals surface area contributed by atoms with Crippen LogP contribution in [0.5, 0.6) is 0 Å². The molecule has 3 aromatic rings. The number of nitrogens with one attached hydrogen (secondary N) is 1. The topological polar surface area (TPSA) is 51.1 Å². The molecule has 30 heavy (non-hydrogen) atoms. The summed E-state index contributed by atoms with van der Waals surface area (Å²) in [5, 5.41) is 3.00. The van der Waals surface area contributed by atoms with Crippen molar-refractivity contribution in [3.8, 4) is 0 Å². The normalized spacial score (nSPS) is 10.8. The van der Waals surface area contributed by atoms with Crippen molar-refractivity contribution in [2.45, 2.75) is 54.0 Å². The van der Waals surface area contributed by atoms with Crippen LogP contribution in [0.2, 0.25) is 0 Å². The summed E-state index contributed by atoms with van der Waals surface area (Å²) in [5.74, 6) is -0.339. The Labute approximate surface area is 178 Å². The molecule has 1 heterocycles. The third kappa shape index (κ3) is 4.09. The molecule has 0 spiro atoms. The van der Waals surface area contributed by atoms with Gasteiger partial charge in [-0.05, 0) is 50.3 Å². The number of carbonyl (C=O) groups excluding carboxylic acids is 1. The largest absolute Gasteiger partial charge is 0.343 e. The second-order valence-electron chi connectivity index (χ2n) is 7.71. The lowest BCUT2D eigenvalue weighted by molar-refractivity contribution is 0.102. The SMILES string of the molecule is CCc1c(CC)n(Cc2ccccc2)c(C)c(C(=O)Nc2c(C)cccc2C)c1=O. The second-order valence-corrected chi connectivity index (χ2v) is 7.71. The molecule has 2 aromatic carbocycles. The average Bonchev–Trinajstić information content (AvgIpc) is 2.73. The third-order valence-corrected chi connectivity index (χ3v) is 5.76. The fourth-order valence-electron chi connectivity index (χ4n) is 4.15. The molecule has 4 heteroatoms. The van der Waals surface area contributed by atoms with E-state index in [1.165, 1.54) is 0 Å². The van der Waals surface area contributed by atoms with E-state index in [-0.39, 0.29) is 16.9 Å². The monoisotopic (exact) mass is 402 g/mol. The zero-order valence-electron chi connectivity index (χ0n) is 18.5. The molecule has 0 aliphatic carbocycles. The highest BCUT2D eigenvalue weighted by Gasteiger charge is 2.23. The van der Waals surface area contributed by atoms with Gasteiger partial charge in [-0.15, -0.1) is 0 Å². The number of hydrogen-bond acceptors (Lipinski definition) is 2. The van der Waals surface area contributed by atoms with Gasteiger partial charge in [0.2, 0.25) is 0 Å². The average molecular weight is 403 g/mol. The Bertz CT molecular complexity index is 1110. The number of hydrogen-bond donors (Lipinski definition) is 1. The van der Waals surface area contributed by atoms with Gasteiger partial charge >= 0.3 is 0 Å². The van der Waals surface area contributed by atoms with Crippen molar-refractivity contribution < 1.29 is 4.79 Å². The predicted octanol–water partition coefficient (Wildman–Crippen LogP) is 5.20. The van der Waals surface area contributed by atoms with Crippen molar-refractivity contribution in [3.05, 3.63) is 98.0 Å². The van der Waals surface area contributed by atoms with Crippen LogP contribution in [0.3, 0.4) is 0 Å². The zero-order chi connectivity index (χ0) is 21.8. The summed E-state index contributed by atoms with van der Waals surface area (Å²) in [7, 11) is 0. The number of carbonyl (C=O) groups is 1. The van der Waals surface area contributed by atoms with Gasteiger partial charge in [-0.1, -0.05) is 62.4 Å². The summed E-state index contributed by atoms with van der Waals surface area (Å²) < 4.78 is 2.13. The minimum absolute atomic E-state index is 0.153. The molecule has 0 saturated carbocycles. The molecule has 0 unspecified atom stereocenters. The molecule has 0 saturated heterocycles. The van der Waals surface area contributed by atoms with Gasteiger partial charge in [0.15, 0.2) is 5.43 Å². The quantitative estimate of drug-likeness (QED) is 0.616. The summed E-state index contributed by atoms with van der Waals surface area (Å²) in [6.07, 6.45) is 1.34. The zero-order valence-corrected chi connectivity index (χ0v) is 18.5. The van der Waals surface area contributed by atoms with Crippen LogP contribution in [0.15, 0.2) is 53.3 Å². The molecule has 156 valence electrons. The molecular formula is C26H30N2O2. The molecule has 1 amide bonds. The van der Waals surface area contributed by atoms with Crippen LogP contribution in [-0.4, -0.2) is 10.5 Å². The van der Waals surface area contributed by atoms with E-state index in [1.54, 1.807) is 0 Å². The van der Waals surface area contributed by atoms with Crippen molar-refractivity contribution in [2.75, 3.05) is 5.32 Å². The van der Waals surface area contributed by atoms with E-state index in [4.69, 9.17) is 0 Å². The summed E-state index contributed by atoms with van der Waals surface area (Å²) in [6.45, 7) is 10.5. The summed E-state index contributed by atoms with van der Waals surface area (Å²) >= 11 is 0. The van der Waals surface area contributed by atoms with Crippen LogP contribution in [0, 0.1) is 20.8 Å². The molecule has 3 rings (SSSR count). The van der Waals surface area contributed by atoms with Crippen molar-refractivity contribution in [3.63, 3.8) is 0 Å². The van der Waals surface area contributed by atoms with Gasteiger partial charge < -0.3 is 9.88 Å². The van der Waals surface area contributed by atoms with Gasteiger partial charge in [0.25, 0.3) is 5.91 Å². The second kappa shape index (κ2) is 9.12. The van der Waals surface area contributed by atoms with E-state index in [1.807, 2.05) is 64.1 Å². The maximum atomic E-state index is 13.3. The summed E-state index contributed by atoms with van der Waals surface area (Å²) in [4.78, 5) is 26.6. The Morgan fingerprint density at radius 3 is 2.10 bits per heavy atom. The van der Waals surface area contributed by atoms with Crippen LogP contribution in [-0.2, 0) is 19.4 Å². The number of para-hydroxylation sites is 1. The maximum absolute atomic E-state index is 13.3. The van der Waals surface area contributed by atoms with Crippen molar-refractivity contribution in [1.82, 2.24) is 4.57 Å². The first-order chi connectivity index (χ1) is 14.4. The molecule has 0 bridgehead atoms. The van der Waals surface area contributed by atoms with E-state index in [2.05, 4.69) is 28.9 Å². The lowest BCUT2D eigenvalue weighted by Crippen LogP contribution is -2.31. The Hall–Kier alpha value is -3.14. The van der Waals surface area contributed by atoms with Crippen molar-refractivity contribution >= 4 is 11.6 Å². The number of aromatic nitrogens is 1. The fraction of sp³-hybridized carbons (Fsp3) is 0.308. The van der Waals surface area contributed by atoms with Crippen LogP contribution >= 0.6 is 0 Å². The van der Waals surface area contributed by atoms with E-state index < -0.39 is 0 Å². The smallest absolute Gasteiger partial charge is 0.261 e. The Morgan fingerprint density at radius 1 is 0.900 bits per heavy atom. The number of nitrogens with zero attached hydrogens (tertiary/aromatic N) is 1. The molecule has 0 aliphatic rings. The maximum Gasteiger partial charge on any atom is 0.261 e. The molecular weight excluding hydrogens is 372 g/mol. The first-order valence-electron chi connectivity index (χ1n) is 10.6. The van der Waals surface area contributed by atoms with Crippen LogP contribution in [0.1, 0.15) is 57.8 Å². The van der Waals surface area contributed by atoms with Gasteiger partial charge in [-0.2, -0.15) is 0 Å². The molecule has 1 N–H and O–H groups in total. The highest BCUT2D eigenvalue weighted by atomic mass is 16.2. The lowest BCUT2D eigenvalue weighted by Gasteiger charge is -2.22. The molecule has 0 fully saturated rings. The number of amides is 1.